The van der Waals surface area contributed by atoms with Crippen molar-refractivity contribution in [2.75, 3.05) is 7.11 Å². The van der Waals surface area contributed by atoms with Crippen LogP contribution in [-0.2, 0) is 0 Å². The lowest BCUT2D eigenvalue weighted by Gasteiger charge is -2.14. The van der Waals surface area contributed by atoms with Gasteiger partial charge in [0.1, 0.15) is 5.75 Å². The Morgan fingerprint density at radius 3 is 2.88 bits per heavy atom. The van der Waals surface area contributed by atoms with Gasteiger partial charge in [-0.1, -0.05) is 28.8 Å². The number of nitrogens with two attached hydrogens (primary N) is 1. The van der Waals surface area contributed by atoms with Crippen LogP contribution in [0.4, 0.5) is 0 Å². The van der Waals surface area contributed by atoms with E-state index in [0.717, 1.165) is 28.1 Å². The molecular formula is C13H18BrNO. The van der Waals surface area contributed by atoms with Crippen molar-refractivity contribution < 1.29 is 4.74 Å². The normalized spacial score (nSPS) is 17.2. The number of rotatable bonds is 5. The lowest BCUT2D eigenvalue weighted by Crippen LogP contribution is -2.11. The third-order valence-corrected chi connectivity index (χ3v) is 3.91. The second-order valence-corrected chi connectivity index (χ2v) is 5.37. The van der Waals surface area contributed by atoms with Crippen molar-refractivity contribution in [3.05, 3.63) is 28.2 Å². The molecule has 0 amide bonds. The second kappa shape index (κ2) is 5.19. The summed E-state index contributed by atoms with van der Waals surface area (Å²) in [6.45, 7) is 0. The monoisotopic (exact) mass is 283 g/mol. The first-order valence-electron chi connectivity index (χ1n) is 5.79. The maximum Gasteiger partial charge on any atom is 0.119 e. The van der Waals surface area contributed by atoms with E-state index in [1.165, 1.54) is 19.3 Å². The summed E-state index contributed by atoms with van der Waals surface area (Å²) in [6.07, 6.45) is 5.11. The summed E-state index contributed by atoms with van der Waals surface area (Å²) < 4.78 is 6.30. The van der Waals surface area contributed by atoms with E-state index < -0.39 is 0 Å². The average molecular weight is 284 g/mol. The molecule has 1 aromatic carbocycles. The van der Waals surface area contributed by atoms with Gasteiger partial charge in [0, 0.05) is 10.5 Å². The van der Waals surface area contributed by atoms with Crippen molar-refractivity contribution in [2.24, 2.45) is 11.7 Å². The van der Waals surface area contributed by atoms with Crippen molar-refractivity contribution in [2.45, 2.75) is 31.7 Å². The molecule has 1 fully saturated rings. The molecule has 0 radical (unpaired) electrons. The Morgan fingerprint density at radius 2 is 2.25 bits per heavy atom. The van der Waals surface area contributed by atoms with E-state index in [2.05, 4.69) is 15.9 Å². The number of ether oxygens (including phenoxy) is 1. The zero-order chi connectivity index (χ0) is 11.5. The predicted octanol–water partition coefficient (Wildman–Crippen LogP) is 3.65. The zero-order valence-corrected chi connectivity index (χ0v) is 11.2. The number of halogens is 1. The summed E-state index contributed by atoms with van der Waals surface area (Å²) in [4.78, 5) is 0. The van der Waals surface area contributed by atoms with Crippen LogP contribution in [0.5, 0.6) is 5.75 Å². The van der Waals surface area contributed by atoms with E-state index in [9.17, 15) is 0 Å². The third kappa shape index (κ3) is 2.98. The van der Waals surface area contributed by atoms with Gasteiger partial charge in [-0.25, -0.2) is 0 Å². The largest absolute Gasteiger partial charge is 0.497 e. The molecule has 2 nitrogen and oxygen atoms in total. The SMILES string of the molecule is COc1ccc(Br)c(C(N)CCC2CC2)c1. The summed E-state index contributed by atoms with van der Waals surface area (Å²) in [5.74, 6) is 1.82. The number of methoxy groups -OCH3 is 1. The van der Waals surface area contributed by atoms with Crippen LogP contribution < -0.4 is 10.5 Å². The fourth-order valence-electron chi connectivity index (χ4n) is 1.91. The van der Waals surface area contributed by atoms with Crippen LogP contribution in [-0.4, -0.2) is 7.11 Å². The minimum absolute atomic E-state index is 0.116. The smallest absolute Gasteiger partial charge is 0.119 e. The first-order chi connectivity index (χ1) is 7.70. The van der Waals surface area contributed by atoms with Gasteiger partial charge in [0.05, 0.1) is 7.11 Å². The van der Waals surface area contributed by atoms with E-state index in [4.69, 9.17) is 10.5 Å². The maximum absolute atomic E-state index is 6.21. The lowest BCUT2D eigenvalue weighted by atomic mass is 10.0. The highest BCUT2D eigenvalue weighted by atomic mass is 79.9. The number of hydrogen-bond donors (Lipinski definition) is 1. The molecule has 0 aromatic heterocycles. The first-order valence-corrected chi connectivity index (χ1v) is 6.59. The first kappa shape index (κ1) is 11.9. The van der Waals surface area contributed by atoms with Gasteiger partial charge in [-0.3, -0.25) is 0 Å². The Labute approximate surface area is 105 Å². The van der Waals surface area contributed by atoms with Gasteiger partial charge in [0.15, 0.2) is 0 Å². The lowest BCUT2D eigenvalue weighted by molar-refractivity contribution is 0.413. The van der Waals surface area contributed by atoms with Gasteiger partial charge >= 0.3 is 0 Å². The van der Waals surface area contributed by atoms with E-state index in [-0.39, 0.29) is 6.04 Å². The molecule has 0 heterocycles. The average Bonchev–Trinajstić information content (AvgIpc) is 3.10. The molecule has 3 heteroatoms. The van der Waals surface area contributed by atoms with Crippen LogP contribution in [0.3, 0.4) is 0 Å². The Bertz CT molecular complexity index is 363. The van der Waals surface area contributed by atoms with Gasteiger partial charge in [0.25, 0.3) is 0 Å². The number of hydrogen-bond acceptors (Lipinski definition) is 2. The predicted molar refractivity (Wildman–Crippen MR) is 69.6 cm³/mol. The molecule has 0 aliphatic heterocycles. The molecule has 1 aromatic rings. The molecule has 1 aliphatic rings. The molecule has 0 spiro atoms. The minimum atomic E-state index is 0.116. The van der Waals surface area contributed by atoms with Crippen LogP contribution in [0, 0.1) is 5.92 Å². The van der Waals surface area contributed by atoms with Gasteiger partial charge in [-0.2, -0.15) is 0 Å². The Hall–Kier alpha value is -0.540. The molecule has 88 valence electrons. The van der Waals surface area contributed by atoms with Crippen LogP contribution in [0.15, 0.2) is 22.7 Å². The van der Waals surface area contributed by atoms with Crippen LogP contribution in [0.25, 0.3) is 0 Å². The third-order valence-electron chi connectivity index (χ3n) is 3.19. The molecule has 1 aliphatic carbocycles. The second-order valence-electron chi connectivity index (χ2n) is 4.51. The molecule has 2 N–H and O–H groups in total. The summed E-state index contributed by atoms with van der Waals surface area (Å²) in [7, 11) is 1.68. The zero-order valence-electron chi connectivity index (χ0n) is 9.58. The fraction of sp³-hybridized carbons (Fsp3) is 0.538. The Kier molecular flexibility index (Phi) is 3.87. The van der Waals surface area contributed by atoms with Crippen molar-refractivity contribution in [3.8, 4) is 5.75 Å². The van der Waals surface area contributed by atoms with Crippen molar-refractivity contribution in [1.82, 2.24) is 0 Å². The Morgan fingerprint density at radius 1 is 1.50 bits per heavy atom. The molecule has 2 rings (SSSR count). The summed E-state index contributed by atoms with van der Waals surface area (Å²) in [5.41, 5.74) is 7.36. The van der Waals surface area contributed by atoms with Crippen LogP contribution in [0.1, 0.15) is 37.3 Å². The molecule has 1 atom stereocenters. The maximum atomic E-state index is 6.21. The van der Waals surface area contributed by atoms with Crippen LogP contribution in [0.2, 0.25) is 0 Å². The van der Waals surface area contributed by atoms with Gasteiger partial charge in [0.2, 0.25) is 0 Å². The molecule has 1 saturated carbocycles. The van der Waals surface area contributed by atoms with Gasteiger partial charge < -0.3 is 10.5 Å². The Balaban J connectivity index is 2.04. The molecule has 16 heavy (non-hydrogen) atoms. The highest BCUT2D eigenvalue weighted by molar-refractivity contribution is 9.10. The molecule has 0 bridgehead atoms. The van der Waals surface area contributed by atoms with Crippen molar-refractivity contribution in [1.29, 1.82) is 0 Å². The highest BCUT2D eigenvalue weighted by Crippen LogP contribution is 2.36. The van der Waals surface area contributed by atoms with E-state index in [0.29, 0.717) is 0 Å². The van der Waals surface area contributed by atoms with E-state index in [1.807, 2.05) is 18.2 Å². The van der Waals surface area contributed by atoms with E-state index >= 15 is 0 Å². The molecule has 0 saturated heterocycles. The van der Waals surface area contributed by atoms with Gasteiger partial charge in [-0.15, -0.1) is 0 Å². The fourth-order valence-corrected chi connectivity index (χ4v) is 2.45. The highest BCUT2D eigenvalue weighted by Gasteiger charge is 2.22. The van der Waals surface area contributed by atoms with Crippen molar-refractivity contribution in [3.63, 3.8) is 0 Å². The molecule has 1 unspecified atom stereocenters. The minimum Gasteiger partial charge on any atom is -0.497 e. The molecular weight excluding hydrogens is 266 g/mol. The summed E-state index contributed by atoms with van der Waals surface area (Å²) in [6, 6.07) is 6.10. The quantitative estimate of drug-likeness (QED) is 0.895. The number of benzene rings is 1. The topological polar surface area (TPSA) is 35.2 Å². The summed E-state index contributed by atoms with van der Waals surface area (Å²) in [5, 5.41) is 0. The van der Waals surface area contributed by atoms with Crippen molar-refractivity contribution >= 4 is 15.9 Å². The van der Waals surface area contributed by atoms with Gasteiger partial charge in [-0.05, 0) is 42.5 Å². The summed E-state index contributed by atoms with van der Waals surface area (Å²) >= 11 is 3.55. The van der Waals surface area contributed by atoms with E-state index in [1.54, 1.807) is 7.11 Å². The van der Waals surface area contributed by atoms with Crippen LogP contribution >= 0.6 is 15.9 Å². The standard InChI is InChI=1S/C13H18BrNO/c1-16-10-5-6-12(14)11(8-10)13(15)7-4-9-2-3-9/h5-6,8-9,13H,2-4,7,15H2,1H3.